The van der Waals surface area contributed by atoms with Crippen LogP contribution in [0.1, 0.15) is 18.9 Å². The van der Waals surface area contributed by atoms with Gasteiger partial charge < -0.3 is 9.72 Å². The summed E-state index contributed by atoms with van der Waals surface area (Å²) >= 11 is 6.05. The van der Waals surface area contributed by atoms with E-state index in [0.717, 1.165) is 0 Å². The molecular weight excluding hydrogens is 279 g/mol. The third-order valence-corrected chi connectivity index (χ3v) is 3.30. The first-order valence-electron chi connectivity index (χ1n) is 6.20. The average Bonchev–Trinajstić information content (AvgIpc) is 2.84. The number of halogens is 2. The van der Waals surface area contributed by atoms with Crippen LogP contribution in [0, 0.1) is 5.82 Å². The zero-order valence-electron chi connectivity index (χ0n) is 10.7. The van der Waals surface area contributed by atoms with Crippen LogP contribution < -0.4 is 4.74 Å². The van der Waals surface area contributed by atoms with Crippen molar-refractivity contribution >= 4 is 22.6 Å². The van der Waals surface area contributed by atoms with Gasteiger partial charge >= 0.3 is 0 Å². The molecule has 0 spiro atoms. The summed E-state index contributed by atoms with van der Waals surface area (Å²) in [4.78, 5) is 7.45. The molecule has 0 bridgehead atoms. The predicted molar refractivity (Wildman–Crippen MR) is 76.5 cm³/mol. The summed E-state index contributed by atoms with van der Waals surface area (Å²) in [6.45, 7) is 1.86. The van der Waals surface area contributed by atoms with Crippen LogP contribution in [-0.4, -0.2) is 9.97 Å². The van der Waals surface area contributed by atoms with E-state index in [1.54, 1.807) is 18.2 Å². The summed E-state index contributed by atoms with van der Waals surface area (Å²) in [7, 11) is 0. The van der Waals surface area contributed by atoms with Crippen LogP contribution in [0.25, 0.3) is 11.0 Å². The first-order chi connectivity index (χ1) is 9.63. The summed E-state index contributed by atoms with van der Waals surface area (Å²) in [6.07, 6.45) is -0.314. The third-order valence-electron chi connectivity index (χ3n) is 2.99. The summed E-state index contributed by atoms with van der Waals surface area (Å²) in [5.74, 6) is 0.922. The van der Waals surface area contributed by atoms with Gasteiger partial charge in [-0.3, -0.25) is 0 Å². The van der Waals surface area contributed by atoms with Crippen LogP contribution in [0.2, 0.25) is 5.02 Å². The summed E-state index contributed by atoms with van der Waals surface area (Å²) < 4.78 is 18.9. The summed E-state index contributed by atoms with van der Waals surface area (Å²) in [6, 6.07) is 11.7. The minimum absolute atomic E-state index is 0.299. The normalized spacial score (nSPS) is 12.6. The van der Waals surface area contributed by atoms with E-state index < -0.39 is 0 Å². The van der Waals surface area contributed by atoms with Gasteiger partial charge in [-0.25, -0.2) is 9.37 Å². The fraction of sp³-hybridized carbons (Fsp3) is 0.133. The molecule has 102 valence electrons. The molecule has 5 heteroatoms. The Morgan fingerprint density at radius 1 is 1.25 bits per heavy atom. The highest BCUT2D eigenvalue weighted by molar-refractivity contribution is 6.32. The van der Waals surface area contributed by atoms with Crippen LogP contribution in [0.15, 0.2) is 42.5 Å². The first-order valence-corrected chi connectivity index (χ1v) is 6.57. The number of para-hydroxylation sites is 1. The molecule has 0 amide bonds. The fourth-order valence-corrected chi connectivity index (χ4v) is 2.16. The number of imidazole rings is 1. The number of hydrogen-bond acceptors (Lipinski definition) is 2. The van der Waals surface area contributed by atoms with Crippen LogP contribution >= 0.6 is 11.6 Å². The minimum atomic E-state index is -0.314. The maximum Gasteiger partial charge on any atom is 0.153 e. The second-order valence-corrected chi connectivity index (χ2v) is 4.88. The van der Waals surface area contributed by atoms with Gasteiger partial charge in [0, 0.05) is 0 Å². The number of aromatic amines is 1. The molecule has 0 saturated heterocycles. The Labute approximate surface area is 120 Å². The highest BCUT2D eigenvalue weighted by Crippen LogP contribution is 2.28. The summed E-state index contributed by atoms with van der Waals surface area (Å²) in [5, 5.41) is 0.543. The molecule has 1 N–H and O–H groups in total. The highest BCUT2D eigenvalue weighted by Gasteiger charge is 2.14. The van der Waals surface area contributed by atoms with Gasteiger partial charge in [0.1, 0.15) is 17.4 Å². The molecule has 1 unspecified atom stereocenters. The van der Waals surface area contributed by atoms with Crippen molar-refractivity contribution in [1.29, 1.82) is 0 Å². The van der Waals surface area contributed by atoms with E-state index in [9.17, 15) is 4.39 Å². The van der Waals surface area contributed by atoms with Gasteiger partial charge in [-0.1, -0.05) is 23.7 Å². The van der Waals surface area contributed by atoms with Crippen molar-refractivity contribution in [3.05, 3.63) is 59.1 Å². The molecule has 1 heterocycles. The Kier molecular flexibility index (Phi) is 3.32. The maximum absolute atomic E-state index is 13.2. The van der Waals surface area contributed by atoms with E-state index in [2.05, 4.69) is 9.97 Å². The zero-order chi connectivity index (χ0) is 14.1. The minimum Gasteiger partial charge on any atom is -0.481 e. The van der Waals surface area contributed by atoms with Crippen LogP contribution in [0.5, 0.6) is 5.75 Å². The lowest BCUT2D eigenvalue weighted by Crippen LogP contribution is -2.05. The van der Waals surface area contributed by atoms with Gasteiger partial charge in [0.15, 0.2) is 6.10 Å². The van der Waals surface area contributed by atoms with E-state index in [0.29, 0.717) is 27.6 Å². The van der Waals surface area contributed by atoms with Crippen molar-refractivity contribution in [2.75, 3.05) is 0 Å². The van der Waals surface area contributed by atoms with Crippen molar-refractivity contribution in [3.63, 3.8) is 0 Å². The highest BCUT2D eigenvalue weighted by atomic mass is 35.5. The number of hydrogen-bond donors (Lipinski definition) is 1. The lowest BCUT2D eigenvalue weighted by Gasteiger charge is -2.13. The standard InChI is InChI=1S/C15H12ClFN2O/c1-9(20-14-5-3-2-4-11(14)16)15-18-12-7-6-10(17)8-13(12)19-15/h2-9H,1H3,(H,18,19). The predicted octanol–water partition coefficient (Wildman–Crippen LogP) is 4.50. The van der Waals surface area contributed by atoms with Gasteiger partial charge in [-0.2, -0.15) is 0 Å². The van der Waals surface area contributed by atoms with Gasteiger partial charge in [0.05, 0.1) is 16.1 Å². The van der Waals surface area contributed by atoms with Crippen molar-refractivity contribution in [3.8, 4) is 5.75 Å². The molecule has 0 aliphatic carbocycles. The SMILES string of the molecule is CC(Oc1ccccc1Cl)c1nc2ccc(F)cc2[nH]1. The average molecular weight is 291 g/mol. The Morgan fingerprint density at radius 3 is 2.85 bits per heavy atom. The van der Waals surface area contributed by atoms with Gasteiger partial charge in [0.2, 0.25) is 0 Å². The number of rotatable bonds is 3. The first kappa shape index (κ1) is 12.9. The van der Waals surface area contributed by atoms with Gasteiger partial charge in [-0.15, -0.1) is 0 Å². The number of aromatic nitrogens is 2. The molecule has 0 radical (unpaired) electrons. The van der Waals surface area contributed by atoms with E-state index in [4.69, 9.17) is 16.3 Å². The van der Waals surface area contributed by atoms with E-state index in [-0.39, 0.29) is 11.9 Å². The fourth-order valence-electron chi connectivity index (χ4n) is 1.98. The van der Waals surface area contributed by atoms with E-state index in [1.165, 1.54) is 12.1 Å². The Morgan fingerprint density at radius 2 is 2.05 bits per heavy atom. The molecule has 0 aliphatic heterocycles. The van der Waals surface area contributed by atoms with Crippen LogP contribution in [0.4, 0.5) is 4.39 Å². The van der Waals surface area contributed by atoms with Crippen LogP contribution in [-0.2, 0) is 0 Å². The molecule has 1 aromatic heterocycles. The molecule has 2 aromatic carbocycles. The quantitative estimate of drug-likeness (QED) is 0.771. The van der Waals surface area contributed by atoms with Crippen LogP contribution in [0.3, 0.4) is 0 Å². The lowest BCUT2D eigenvalue weighted by molar-refractivity contribution is 0.218. The maximum atomic E-state index is 13.2. The summed E-state index contributed by atoms with van der Waals surface area (Å²) in [5.41, 5.74) is 1.35. The molecule has 0 saturated carbocycles. The number of fused-ring (bicyclic) bond motifs is 1. The largest absolute Gasteiger partial charge is 0.481 e. The molecule has 0 aliphatic rings. The monoisotopic (exact) mass is 290 g/mol. The van der Waals surface area contributed by atoms with E-state index in [1.807, 2.05) is 19.1 Å². The number of ether oxygens (including phenoxy) is 1. The second kappa shape index (κ2) is 5.13. The van der Waals surface area contributed by atoms with Gasteiger partial charge in [-0.05, 0) is 37.3 Å². The van der Waals surface area contributed by atoms with Crippen molar-refractivity contribution < 1.29 is 9.13 Å². The van der Waals surface area contributed by atoms with Crippen molar-refractivity contribution in [2.24, 2.45) is 0 Å². The van der Waals surface area contributed by atoms with E-state index >= 15 is 0 Å². The number of nitrogens with one attached hydrogen (secondary N) is 1. The molecule has 3 aromatic rings. The topological polar surface area (TPSA) is 37.9 Å². The second-order valence-electron chi connectivity index (χ2n) is 4.47. The van der Waals surface area contributed by atoms with Crippen molar-refractivity contribution in [1.82, 2.24) is 9.97 Å². The molecule has 20 heavy (non-hydrogen) atoms. The molecule has 3 nitrogen and oxygen atoms in total. The zero-order valence-corrected chi connectivity index (χ0v) is 11.5. The lowest BCUT2D eigenvalue weighted by atomic mass is 10.3. The number of H-pyrrole nitrogens is 1. The number of benzene rings is 2. The smallest absolute Gasteiger partial charge is 0.153 e. The number of nitrogens with zero attached hydrogens (tertiary/aromatic N) is 1. The Balaban J connectivity index is 1.89. The Hall–Kier alpha value is -2.07. The van der Waals surface area contributed by atoms with Crippen molar-refractivity contribution in [2.45, 2.75) is 13.0 Å². The van der Waals surface area contributed by atoms with Gasteiger partial charge in [0.25, 0.3) is 0 Å². The third kappa shape index (κ3) is 2.47. The molecule has 3 rings (SSSR count). The molecular formula is C15H12ClFN2O. The molecule has 0 fully saturated rings. The molecule has 1 atom stereocenters. The Bertz CT molecular complexity index is 756.